The minimum Gasteiger partial charge on any atom is -0.490 e. The Labute approximate surface area is 304 Å². The number of carbonyl (C=O) groups excluding carboxylic acids is 1. The van der Waals surface area contributed by atoms with Gasteiger partial charge in [0.05, 0.1) is 25.4 Å². The molecule has 1 rings (SSSR count). The number of rotatable bonds is 36. The fraction of sp³-hybridized carbons (Fsp3) is 0.756. The van der Waals surface area contributed by atoms with Crippen LogP contribution in [0.25, 0.3) is 0 Å². The van der Waals surface area contributed by atoms with Gasteiger partial charge in [-0.15, -0.1) is 0 Å². The summed E-state index contributed by atoms with van der Waals surface area (Å²) >= 11 is 0. The minimum absolute atomic E-state index is 0.315. The maximum Gasteiger partial charge on any atom is 0.338 e. The molecule has 0 fully saturated rings. The van der Waals surface area contributed by atoms with E-state index in [0.29, 0.717) is 31.1 Å². The Morgan fingerprint density at radius 2 is 0.837 bits per heavy atom. The van der Waals surface area contributed by atoms with Crippen LogP contribution < -0.4 is 9.47 Å². The highest BCUT2D eigenvalue weighted by Gasteiger charge is 2.13. The molecule has 0 radical (unpaired) electrons. The molecule has 0 heterocycles. The summed E-state index contributed by atoms with van der Waals surface area (Å²) in [6.45, 7) is 8.05. The zero-order valence-electron chi connectivity index (χ0n) is 32.6. The highest BCUT2D eigenvalue weighted by molar-refractivity contribution is 5.90. The lowest BCUT2D eigenvalue weighted by atomic mass is 10.1. The van der Waals surface area contributed by atoms with E-state index in [4.69, 9.17) is 14.2 Å². The second-order valence-corrected chi connectivity index (χ2v) is 14.0. The summed E-state index contributed by atoms with van der Waals surface area (Å²) in [5.74, 6) is 1.07. The summed E-state index contributed by atoms with van der Waals surface area (Å²) in [6.07, 6.45) is 45.7. The van der Waals surface area contributed by atoms with Crippen molar-refractivity contribution in [1.29, 1.82) is 0 Å². The largest absolute Gasteiger partial charge is 0.490 e. The van der Waals surface area contributed by atoms with Crippen molar-refractivity contribution in [3.63, 3.8) is 0 Å². The molecule has 0 aliphatic carbocycles. The molecule has 0 spiro atoms. The quantitative estimate of drug-likeness (QED) is 0.0401. The molecular formula is C45H78O4. The van der Waals surface area contributed by atoms with Crippen LogP contribution in [0, 0.1) is 0 Å². The van der Waals surface area contributed by atoms with Crippen LogP contribution >= 0.6 is 0 Å². The van der Waals surface area contributed by atoms with Gasteiger partial charge in [-0.1, -0.05) is 154 Å². The molecule has 282 valence electrons. The lowest BCUT2D eigenvalue weighted by Crippen LogP contribution is -2.07. The molecule has 0 aliphatic rings. The molecule has 0 bridgehead atoms. The molecule has 49 heavy (non-hydrogen) atoms. The summed E-state index contributed by atoms with van der Waals surface area (Å²) in [4.78, 5) is 12.3. The standard InChI is InChI=1S/C45H78O4/c1-4-7-9-11-13-15-17-19-21-23-25-27-29-31-33-35-39-48-43-38-37-42(45(46)47-6-3)41-44(43)49-40-36-34-32-30-28-26-24-22-20-18-16-14-12-10-8-5-2/h19-22,37-38,41H,4-18,23-36,39-40H2,1-3H3/b21-19-,22-20-. The second kappa shape index (κ2) is 35.6. The average Bonchev–Trinajstić information content (AvgIpc) is 3.11. The van der Waals surface area contributed by atoms with Crippen LogP contribution in [0.4, 0.5) is 0 Å². The number of allylic oxidation sites excluding steroid dienone is 4. The van der Waals surface area contributed by atoms with Crippen molar-refractivity contribution >= 4 is 5.97 Å². The van der Waals surface area contributed by atoms with Gasteiger partial charge in [-0.25, -0.2) is 4.79 Å². The van der Waals surface area contributed by atoms with Gasteiger partial charge in [0.25, 0.3) is 0 Å². The predicted molar refractivity (Wildman–Crippen MR) is 212 cm³/mol. The summed E-state index contributed by atoms with van der Waals surface area (Å²) in [5, 5.41) is 0. The van der Waals surface area contributed by atoms with E-state index < -0.39 is 0 Å². The van der Waals surface area contributed by atoms with Gasteiger partial charge in [0.1, 0.15) is 0 Å². The van der Waals surface area contributed by atoms with Gasteiger partial charge in [-0.3, -0.25) is 0 Å². The SMILES string of the molecule is CCCCCCCC/C=C\CCCCCCCCOc1ccc(C(=O)OCC)cc1OCCCCCCCC/C=C\CCCCCCCC. The number of esters is 1. The van der Waals surface area contributed by atoms with E-state index in [1.54, 1.807) is 12.1 Å². The van der Waals surface area contributed by atoms with Gasteiger partial charge in [0, 0.05) is 0 Å². The van der Waals surface area contributed by atoms with Crippen LogP contribution in [0.1, 0.15) is 211 Å². The van der Waals surface area contributed by atoms with Crippen molar-refractivity contribution in [2.24, 2.45) is 0 Å². The van der Waals surface area contributed by atoms with Crippen LogP contribution in [0.15, 0.2) is 42.5 Å². The smallest absolute Gasteiger partial charge is 0.338 e. The Morgan fingerprint density at radius 3 is 1.24 bits per heavy atom. The normalized spacial score (nSPS) is 11.6. The zero-order valence-corrected chi connectivity index (χ0v) is 32.6. The Morgan fingerprint density at radius 1 is 0.469 bits per heavy atom. The summed E-state index contributed by atoms with van der Waals surface area (Å²) in [7, 11) is 0. The first-order valence-electron chi connectivity index (χ1n) is 21.1. The van der Waals surface area contributed by atoms with Crippen LogP contribution in [0.5, 0.6) is 11.5 Å². The lowest BCUT2D eigenvalue weighted by molar-refractivity contribution is 0.0525. The Bertz CT molecular complexity index is 921. The Balaban J connectivity index is 2.18. The maximum atomic E-state index is 12.3. The average molecular weight is 683 g/mol. The van der Waals surface area contributed by atoms with Gasteiger partial charge in [0.2, 0.25) is 0 Å². The van der Waals surface area contributed by atoms with Crippen LogP contribution in [0.3, 0.4) is 0 Å². The molecule has 0 unspecified atom stereocenters. The predicted octanol–water partition coefficient (Wildman–Crippen LogP) is 14.7. The highest BCUT2D eigenvalue weighted by atomic mass is 16.5. The number of unbranched alkanes of at least 4 members (excludes halogenated alkanes) is 24. The minimum atomic E-state index is -0.315. The first-order valence-corrected chi connectivity index (χ1v) is 21.1. The summed E-state index contributed by atoms with van der Waals surface area (Å²) in [5.41, 5.74) is 0.516. The van der Waals surface area contributed by atoms with Gasteiger partial charge in [-0.05, 0) is 89.3 Å². The van der Waals surface area contributed by atoms with Crippen molar-refractivity contribution in [2.75, 3.05) is 19.8 Å². The molecule has 1 aromatic carbocycles. The van der Waals surface area contributed by atoms with E-state index in [1.807, 2.05) is 13.0 Å². The van der Waals surface area contributed by atoms with E-state index in [-0.39, 0.29) is 5.97 Å². The van der Waals surface area contributed by atoms with Crippen LogP contribution in [-0.4, -0.2) is 25.8 Å². The molecule has 0 N–H and O–H groups in total. The molecule has 4 nitrogen and oxygen atoms in total. The van der Waals surface area contributed by atoms with E-state index in [2.05, 4.69) is 38.2 Å². The fourth-order valence-electron chi connectivity index (χ4n) is 6.14. The number of carbonyl (C=O) groups is 1. The number of benzene rings is 1. The van der Waals surface area contributed by atoms with Gasteiger partial charge in [0.15, 0.2) is 11.5 Å². The molecule has 0 aliphatic heterocycles. The molecule has 4 heteroatoms. The van der Waals surface area contributed by atoms with Crippen molar-refractivity contribution < 1.29 is 19.0 Å². The Hall–Kier alpha value is -2.23. The first-order chi connectivity index (χ1) is 24.2. The highest BCUT2D eigenvalue weighted by Crippen LogP contribution is 2.29. The van der Waals surface area contributed by atoms with E-state index >= 15 is 0 Å². The van der Waals surface area contributed by atoms with E-state index in [0.717, 1.165) is 25.0 Å². The van der Waals surface area contributed by atoms with E-state index in [1.165, 1.54) is 161 Å². The summed E-state index contributed by atoms with van der Waals surface area (Å²) in [6, 6.07) is 5.44. The monoisotopic (exact) mass is 683 g/mol. The van der Waals surface area contributed by atoms with Gasteiger partial charge < -0.3 is 14.2 Å². The lowest BCUT2D eigenvalue weighted by Gasteiger charge is -2.14. The third kappa shape index (κ3) is 28.2. The second-order valence-electron chi connectivity index (χ2n) is 14.0. The third-order valence-electron chi connectivity index (χ3n) is 9.28. The maximum absolute atomic E-state index is 12.3. The molecule has 0 atom stereocenters. The van der Waals surface area contributed by atoms with Crippen LogP contribution in [-0.2, 0) is 4.74 Å². The topological polar surface area (TPSA) is 44.8 Å². The molecule has 0 saturated heterocycles. The summed E-state index contributed by atoms with van der Waals surface area (Å²) < 4.78 is 17.5. The third-order valence-corrected chi connectivity index (χ3v) is 9.28. The van der Waals surface area contributed by atoms with Crippen molar-refractivity contribution in [1.82, 2.24) is 0 Å². The van der Waals surface area contributed by atoms with Gasteiger partial charge >= 0.3 is 5.97 Å². The molecular weight excluding hydrogens is 604 g/mol. The molecule has 1 aromatic rings. The van der Waals surface area contributed by atoms with Crippen molar-refractivity contribution in [2.45, 2.75) is 201 Å². The number of hydrogen-bond acceptors (Lipinski definition) is 4. The Kier molecular flexibility index (Phi) is 32.5. The molecule has 0 aromatic heterocycles. The van der Waals surface area contributed by atoms with Crippen LogP contribution in [0.2, 0.25) is 0 Å². The zero-order chi connectivity index (χ0) is 35.3. The fourth-order valence-corrected chi connectivity index (χ4v) is 6.14. The molecule has 0 saturated carbocycles. The number of ether oxygens (including phenoxy) is 3. The van der Waals surface area contributed by atoms with E-state index in [9.17, 15) is 4.79 Å². The van der Waals surface area contributed by atoms with Crippen molar-refractivity contribution in [3.8, 4) is 11.5 Å². The molecule has 0 amide bonds. The van der Waals surface area contributed by atoms with Crippen molar-refractivity contribution in [3.05, 3.63) is 48.1 Å². The number of hydrogen-bond donors (Lipinski definition) is 0. The van der Waals surface area contributed by atoms with Gasteiger partial charge in [-0.2, -0.15) is 0 Å². The first kappa shape index (κ1) is 44.8.